The van der Waals surface area contributed by atoms with E-state index in [1.165, 1.54) is 21.5 Å². The van der Waals surface area contributed by atoms with Gasteiger partial charge in [-0.1, -0.05) is 152 Å². The summed E-state index contributed by atoms with van der Waals surface area (Å²) in [7, 11) is 0. The largest absolute Gasteiger partial charge is 0.316 e. The van der Waals surface area contributed by atoms with Crippen LogP contribution in [0.25, 0.3) is 88.8 Å². The molecule has 0 atom stereocenters. The Morgan fingerprint density at radius 2 is 1.00 bits per heavy atom. The second-order valence-electron chi connectivity index (χ2n) is 14.6. The van der Waals surface area contributed by atoms with Gasteiger partial charge in [-0.25, -0.2) is 15.0 Å². The first-order chi connectivity index (χ1) is 28.7. The topological polar surface area (TPSA) is 46.8 Å². The molecule has 3 heterocycles. The van der Waals surface area contributed by atoms with Crippen molar-refractivity contribution in [2.24, 2.45) is 0 Å². The summed E-state index contributed by atoms with van der Waals surface area (Å²) in [6, 6.07) is 61.7. The van der Waals surface area contributed by atoms with Gasteiger partial charge in [0.05, 0.1) is 22.4 Å². The Bertz CT molecular complexity index is 3230. The van der Waals surface area contributed by atoms with Gasteiger partial charge in [0.1, 0.15) is 0 Å². The van der Waals surface area contributed by atoms with Gasteiger partial charge in [-0.3, -0.25) is 0 Å². The molecule has 0 saturated heterocycles. The fourth-order valence-corrected chi connectivity index (χ4v) is 8.36. The van der Waals surface area contributed by atoms with Crippen molar-refractivity contribution in [3.63, 3.8) is 0 Å². The van der Waals surface area contributed by atoms with E-state index in [1.807, 2.05) is 60.7 Å². The van der Waals surface area contributed by atoms with Crippen molar-refractivity contribution in [3.8, 4) is 39.9 Å². The van der Waals surface area contributed by atoms with Crippen LogP contribution in [0.15, 0.2) is 207 Å². The van der Waals surface area contributed by atoms with E-state index in [1.54, 1.807) is 0 Å². The molecule has 5 nitrogen and oxygen atoms in total. The maximum atomic E-state index is 5.11. The smallest absolute Gasteiger partial charge is 0.164 e. The average Bonchev–Trinajstić information content (AvgIpc) is 3.59. The van der Waals surface area contributed by atoms with Gasteiger partial charge in [-0.15, -0.1) is 0 Å². The predicted octanol–water partition coefficient (Wildman–Crippen LogP) is 13.5. The highest BCUT2D eigenvalue weighted by Crippen LogP contribution is 2.44. The number of allylic oxidation sites excluding steroid dienone is 4. The van der Waals surface area contributed by atoms with E-state index in [0.29, 0.717) is 17.5 Å². The third-order valence-electron chi connectivity index (χ3n) is 11.1. The lowest BCUT2D eigenvalue weighted by molar-refractivity contribution is 1.08. The van der Waals surface area contributed by atoms with E-state index < -0.39 is 0 Å². The van der Waals surface area contributed by atoms with Crippen molar-refractivity contribution >= 4 is 60.3 Å². The number of para-hydroxylation sites is 1. The maximum absolute atomic E-state index is 5.11. The monoisotopic (exact) mass is 741 g/mol. The zero-order chi connectivity index (χ0) is 38.6. The minimum Gasteiger partial charge on any atom is -0.316 e. The van der Waals surface area contributed by atoms with Gasteiger partial charge in [-0.2, -0.15) is 0 Å². The molecule has 1 aliphatic heterocycles. The number of nitrogens with zero attached hydrogens (tertiary/aromatic N) is 5. The molecule has 2 aromatic heterocycles. The standard InChI is InChI=1S/C53H35N5/c1-35-17-13-14-30-57(48-34-50-46(33-44(35)48)45-31-38-22-11-12-23-39(38)32-49(45)58(50)40-24-9-4-10-25-40)47-29-16-26-41-42(47)27-15-28-43(41)53-55-51(36-18-5-2-6-19-36)54-52(56-53)37-20-7-3-8-21-37/h2-34H,1H2/b17-13-,30-14-. The van der Waals surface area contributed by atoms with Gasteiger partial charge < -0.3 is 9.47 Å². The Hall–Kier alpha value is -7.89. The van der Waals surface area contributed by atoms with E-state index in [2.05, 4.69) is 156 Å². The van der Waals surface area contributed by atoms with Gasteiger partial charge in [0.2, 0.25) is 0 Å². The summed E-state index contributed by atoms with van der Waals surface area (Å²) in [5.74, 6) is 1.89. The second kappa shape index (κ2) is 13.7. The van der Waals surface area contributed by atoms with Gasteiger partial charge in [0.25, 0.3) is 0 Å². The van der Waals surface area contributed by atoms with Gasteiger partial charge in [0, 0.05) is 50.3 Å². The van der Waals surface area contributed by atoms with Crippen LogP contribution in [0, 0.1) is 0 Å². The van der Waals surface area contributed by atoms with Crippen LogP contribution >= 0.6 is 0 Å². The number of rotatable bonds is 5. The fraction of sp³-hybridized carbons (Fsp3) is 0. The van der Waals surface area contributed by atoms with Crippen molar-refractivity contribution in [1.29, 1.82) is 0 Å². The van der Waals surface area contributed by atoms with Crippen LogP contribution in [-0.4, -0.2) is 19.5 Å². The van der Waals surface area contributed by atoms with Crippen LogP contribution in [0.3, 0.4) is 0 Å². The first-order valence-corrected chi connectivity index (χ1v) is 19.5. The number of benzene rings is 8. The third kappa shape index (κ3) is 5.60. The molecule has 11 rings (SSSR count). The lowest BCUT2D eigenvalue weighted by Crippen LogP contribution is -2.12. The van der Waals surface area contributed by atoms with Crippen molar-refractivity contribution in [2.45, 2.75) is 0 Å². The van der Waals surface area contributed by atoms with E-state index in [0.717, 1.165) is 66.7 Å². The highest BCUT2D eigenvalue weighted by Gasteiger charge is 2.23. The summed E-state index contributed by atoms with van der Waals surface area (Å²) in [4.78, 5) is 17.5. The van der Waals surface area contributed by atoms with Gasteiger partial charge >= 0.3 is 0 Å². The SMILES string of the molecule is C=C1/C=C\C=C/N(c2cccc3c(-c4nc(-c5ccccc5)nc(-c5ccccc5)n4)cccc23)c2cc3c(cc21)c1cc2ccccc2cc1n3-c1ccccc1. The molecule has 0 fully saturated rings. The molecule has 0 N–H and O–H groups in total. The third-order valence-corrected chi connectivity index (χ3v) is 11.1. The van der Waals surface area contributed by atoms with Crippen molar-refractivity contribution in [2.75, 3.05) is 4.90 Å². The highest BCUT2D eigenvalue weighted by molar-refractivity contribution is 6.16. The summed E-state index contributed by atoms with van der Waals surface area (Å²) in [6.45, 7) is 4.59. The number of aromatic nitrogens is 4. The number of hydrogen-bond acceptors (Lipinski definition) is 4. The van der Waals surface area contributed by atoms with Crippen LogP contribution in [0.2, 0.25) is 0 Å². The summed E-state index contributed by atoms with van der Waals surface area (Å²) < 4.78 is 2.40. The summed E-state index contributed by atoms with van der Waals surface area (Å²) >= 11 is 0. The Labute approximate surface area is 335 Å². The molecule has 8 aromatic carbocycles. The van der Waals surface area contributed by atoms with Crippen LogP contribution < -0.4 is 4.90 Å². The van der Waals surface area contributed by atoms with Crippen LogP contribution in [0.4, 0.5) is 11.4 Å². The van der Waals surface area contributed by atoms with E-state index in [-0.39, 0.29) is 0 Å². The predicted molar refractivity (Wildman–Crippen MR) is 241 cm³/mol. The highest BCUT2D eigenvalue weighted by atomic mass is 15.1. The quantitative estimate of drug-likeness (QED) is 0.176. The summed E-state index contributed by atoms with van der Waals surface area (Å²) in [5.41, 5.74) is 10.3. The number of fused-ring (bicyclic) bond motifs is 6. The van der Waals surface area contributed by atoms with Crippen LogP contribution in [0.5, 0.6) is 0 Å². The molecule has 0 spiro atoms. The summed E-state index contributed by atoms with van der Waals surface area (Å²) in [6.07, 6.45) is 8.41. The molecule has 5 heteroatoms. The molecular formula is C53H35N5. The molecule has 0 amide bonds. The first-order valence-electron chi connectivity index (χ1n) is 19.5. The van der Waals surface area contributed by atoms with Crippen molar-refractivity contribution in [1.82, 2.24) is 19.5 Å². The van der Waals surface area contributed by atoms with Crippen molar-refractivity contribution in [3.05, 3.63) is 212 Å². The lowest BCUT2D eigenvalue weighted by Gasteiger charge is -2.27. The van der Waals surface area contributed by atoms with Gasteiger partial charge in [-0.05, 0) is 70.3 Å². The summed E-state index contributed by atoms with van der Waals surface area (Å²) in [5, 5.41) is 6.93. The number of anilines is 2. The molecule has 0 saturated carbocycles. The first kappa shape index (κ1) is 33.4. The van der Waals surface area contributed by atoms with Crippen molar-refractivity contribution < 1.29 is 0 Å². The Balaban J connectivity index is 1.14. The minimum absolute atomic E-state index is 0.622. The lowest BCUT2D eigenvalue weighted by atomic mass is 9.97. The van der Waals surface area contributed by atoms with Gasteiger partial charge in [0.15, 0.2) is 17.5 Å². The maximum Gasteiger partial charge on any atom is 0.164 e. The van der Waals surface area contributed by atoms with Crippen LogP contribution in [0.1, 0.15) is 5.56 Å². The molecular weight excluding hydrogens is 707 g/mol. The zero-order valence-electron chi connectivity index (χ0n) is 31.5. The molecule has 0 unspecified atom stereocenters. The average molecular weight is 742 g/mol. The van der Waals surface area contributed by atoms with E-state index in [4.69, 9.17) is 15.0 Å². The number of hydrogen-bond donors (Lipinski definition) is 0. The fourth-order valence-electron chi connectivity index (χ4n) is 8.36. The van der Waals surface area contributed by atoms with E-state index >= 15 is 0 Å². The molecule has 0 bridgehead atoms. The molecule has 272 valence electrons. The Kier molecular flexibility index (Phi) is 7.90. The minimum atomic E-state index is 0.622. The normalized spacial score (nSPS) is 13.8. The Morgan fingerprint density at radius 1 is 0.414 bits per heavy atom. The Morgan fingerprint density at radius 3 is 1.72 bits per heavy atom. The zero-order valence-corrected chi connectivity index (χ0v) is 31.5. The molecule has 0 aliphatic carbocycles. The molecule has 0 radical (unpaired) electrons. The molecule has 1 aliphatic rings. The second-order valence-corrected chi connectivity index (χ2v) is 14.6. The molecule has 10 aromatic rings. The molecule has 58 heavy (non-hydrogen) atoms. The van der Waals surface area contributed by atoms with E-state index in [9.17, 15) is 0 Å². The van der Waals surface area contributed by atoms with Crippen LogP contribution in [-0.2, 0) is 0 Å².